The van der Waals surface area contributed by atoms with Crippen molar-refractivity contribution in [3.8, 4) is 11.5 Å². The van der Waals surface area contributed by atoms with Crippen LogP contribution in [0.25, 0.3) is 0 Å². The predicted molar refractivity (Wildman–Crippen MR) is 117 cm³/mol. The zero-order valence-corrected chi connectivity index (χ0v) is 17.3. The van der Waals surface area contributed by atoms with Gasteiger partial charge in [0.05, 0.1) is 19.9 Å². The summed E-state index contributed by atoms with van der Waals surface area (Å²) in [6.07, 6.45) is 1.44. The third kappa shape index (κ3) is 6.51. The SMILES string of the molecule is COc1ccc(C(=O)NCC(=O)N/N=C\c2ccc(OC(=O)c3cccs3)cc2)cc1. The maximum Gasteiger partial charge on any atom is 0.353 e. The Morgan fingerprint density at radius 3 is 2.35 bits per heavy atom. The van der Waals surface area contributed by atoms with Gasteiger partial charge >= 0.3 is 5.97 Å². The van der Waals surface area contributed by atoms with E-state index >= 15 is 0 Å². The lowest BCUT2D eigenvalue weighted by molar-refractivity contribution is -0.120. The van der Waals surface area contributed by atoms with E-state index < -0.39 is 11.9 Å². The third-order valence-corrected chi connectivity index (χ3v) is 4.83. The Balaban J connectivity index is 1.42. The van der Waals surface area contributed by atoms with Crippen LogP contribution >= 0.6 is 11.3 Å². The number of nitrogens with one attached hydrogen (secondary N) is 2. The summed E-state index contributed by atoms with van der Waals surface area (Å²) in [5.74, 6) is -0.229. The monoisotopic (exact) mass is 437 g/mol. The normalized spacial score (nSPS) is 10.5. The van der Waals surface area contributed by atoms with Crippen molar-refractivity contribution in [2.75, 3.05) is 13.7 Å². The summed E-state index contributed by atoms with van der Waals surface area (Å²) in [7, 11) is 1.54. The maximum atomic E-state index is 12.0. The number of hydrazone groups is 1. The van der Waals surface area contributed by atoms with Gasteiger partial charge in [0.2, 0.25) is 0 Å². The average Bonchev–Trinajstić information content (AvgIpc) is 3.34. The van der Waals surface area contributed by atoms with Gasteiger partial charge in [0, 0.05) is 5.56 Å². The van der Waals surface area contributed by atoms with E-state index in [-0.39, 0.29) is 12.5 Å². The molecular weight excluding hydrogens is 418 g/mol. The minimum absolute atomic E-state index is 0.222. The second kappa shape index (κ2) is 10.7. The first kappa shape index (κ1) is 21.7. The lowest BCUT2D eigenvalue weighted by Gasteiger charge is -2.05. The molecule has 0 fully saturated rings. The molecule has 0 aliphatic rings. The quantitative estimate of drug-likeness (QED) is 0.244. The number of hydrogen-bond donors (Lipinski definition) is 2. The van der Waals surface area contributed by atoms with Crippen LogP contribution in [-0.4, -0.2) is 37.7 Å². The fourth-order valence-electron chi connectivity index (χ4n) is 2.40. The second-order valence-corrected chi connectivity index (χ2v) is 7.09. The fraction of sp³-hybridized carbons (Fsp3) is 0.0909. The summed E-state index contributed by atoms with van der Waals surface area (Å²) < 4.78 is 10.3. The number of carbonyl (C=O) groups excluding carboxylic acids is 3. The van der Waals surface area contributed by atoms with Gasteiger partial charge in [-0.25, -0.2) is 10.2 Å². The zero-order valence-electron chi connectivity index (χ0n) is 16.5. The number of carbonyl (C=O) groups is 3. The molecule has 1 aromatic heterocycles. The molecule has 3 rings (SSSR count). The summed E-state index contributed by atoms with van der Waals surface area (Å²) in [4.78, 5) is 36.3. The molecule has 9 heteroatoms. The summed E-state index contributed by atoms with van der Waals surface area (Å²) in [6.45, 7) is -0.222. The molecular formula is C22H19N3O5S. The van der Waals surface area contributed by atoms with Crippen LogP contribution in [0.2, 0.25) is 0 Å². The number of thiophene rings is 1. The van der Waals surface area contributed by atoms with E-state index in [0.717, 1.165) is 0 Å². The van der Waals surface area contributed by atoms with E-state index in [1.807, 2.05) is 0 Å². The van der Waals surface area contributed by atoms with E-state index in [1.54, 1.807) is 66.0 Å². The zero-order chi connectivity index (χ0) is 22.1. The summed E-state index contributed by atoms with van der Waals surface area (Å²) >= 11 is 1.31. The van der Waals surface area contributed by atoms with Crippen LogP contribution in [0.15, 0.2) is 71.1 Å². The minimum atomic E-state index is -0.473. The molecule has 0 unspecified atom stereocenters. The Morgan fingerprint density at radius 2 is 1.71 bits per heavy atom. The largest absolute Gasteiger partial charge is 0.497 e. The Labute approximate surface area is 182 Å². The van der Waals surface area contributed by atoms with Gasteiger partial charge in [-0.3, -0.25) is 9.59 Å². The molecule has 8 nitrogen and oxygen atoms in total. The van der Waals surface area contributed by atoms with Crippen LogP contribution in [0.4, 0.5) is 0 Å². The summed E-state index contributed by atoms with van der Waals surface area (Å²) in [5, 5.41) is 8.16. The molecule has 0 radical (unpaired) electrons. The maximum absolute atomic E-state index is 12.0. The van der Waals surface area contributed by atoms with Crippen molar-refractivity contribution in [2.24, 2.45) is 5.10 Å². The van der Waals surface area contributed by atoms with Crippen molar-refractivity contribution in [1.29, 1.82) is 0 Å². The van der Waals surface area contributed by atoms with Crippen LogP contribution in [-0.2, 0) is 4.79 Å². The lowest BCUT2D eigenvalue weighted by Crippen LogP contribution is -2.34. The van der Waals surface area contributed by atoms with E-state index in [1.165, 1.54) is 24.7 Å². The van der Waals surface area contributed by atoms with Crippen LogP contribution in [0.1, 0.15) is 25.6 Å². The highest BCUT2D eigenvalue weighted by molar-refractivity contribution is 7.12. The standard InChI is InChI=1S/C22H19N3O5S/c1-29-17-10-6-16(7-11-17)21(27)23-14-20(26)25-24-13-15-4-8-18(9-5-15)30-22(28)19-3-2-12-31-19/h2-13H,14H2,1H3,(H,23,27)(H,25,26)/b24-13-. The highest BCUT2D eigenvalue weighted by Crippen LogP contribution is 2.16. The van der Waals surface area contributed by atoms with Crippen LogP contribution in [0.5, 0.6) is 11.5 Å². The second-order valence-electron chi connectivity index (χ2n) is 6.14. The number of methoxy groups -OCH3 is 1. The Bertz CT molecular complexity index is 1060. The van der Waals surface area contributed by atoms with Gasteiger partial charge < -0.3 is 14.8 Å². The van der Waals surface area contributed by atoms with Crippen LogP contribution in [0, 0.1) is 0 Å². The fourth-order valence-corrected chi connectivity index (χ4v) is 3.00. The molecule has 158 valence electrons. The van der Waals surface area contributed by atoms with Crippen molar-refractivity contribution in [3.05, 3.63) is 82.0 Å². The molecule has 0 atom stereocenters. The first-order valence-corrected chi connectivity index (χ1v) is 10.0. The molecule has 0 bridgehead atoms. The van der Waals surface area contributed by atoms with E-state index in [9.17, 15) is 14.4 Å². The van der Waals surface area contributed by atoms with Gasteiger partial charge in [-0.2, -0.15) is 5.10 Å². The number of nitrogens with zero attached hydrogens (tertiary/aromatic N) is 1. The van der Waals surface area contributed by atoms with Gasteiger partial charge in [0.25, 0.3) is 11.8 Å². The average molecular weight is 437 g/mol. The predicted octanol–water partition coefficient (Wildman–Crippen LogP) is 2.86. The Hall–Kier alpha value is -3.98. The van der Waals surface area contributed by atoms with Crippen molar-refractivity contribution in [1.82, 2.24) is 10.7 Å². The van der Waals surface area contributed by atoms with Gasteiger partial charge in [-0.1, -0.05) is 6.07 Å². The smallest absolute Gasteiger partial charge is 0.353 e. The molecule has 2 aromatic carbocycles. The molecule has 2 N–H and O–H groups in total. The Morgan fingerprint density at radius 1 is 1.00 bits per heavy atom. The molecule has 1 heterocycles. The molecule has 0 saturated carbocycles. The number of ether oxygens (including phenoxy) is 2. The molecule has 0 aliphatic heterocycles. The van der Waals surface area contributed by atoms with Crippen molar-refractivity contribution in [3.63, 3.8) is 0 Å². The molecule has 31 heavy (non-hydrogen) atoms. The topological polar surface area (TPSA) is 106 Å². The number of rotatable bonds is 8. The van der Waals surface area contributed by atoms with E-state index in [4.69, 9.17) is 9.47 Å². The van der Waals surface area contributed by atoms with Crippen LogP contribution < -0.4 is 20.2 Å². The number of benzene rings is 2. The molecule has 3 aromatic rings. The van der Waals surface area contributed by atoms with E-state index in [2.05, 4.69) is 15.8 Å². The van der Waals surface area contributed by atoms with Crippen molar-refractivity contribution in [2.45, 2.75) is 0 Å². The van der Waals surface area contributed by atoms with Gasteiger partial charge in [0.15, 0.2) is 0 Å². The highest BCUT2D eigenvalue weighted by atomic mass is 32.1. The molecule has 0 spiro atoms. The van der Waals surface area contributed by atoms with E-state index in [0.29, 0.717) is 27.5 Å². The first-order chi connectivity index (χ1) is 15.0. The third-order valence-electron chi connectivity index (χ3n) is 3.98. The first-order valence-electron chi connectivity index (χ1n) is 9.15. The number of amides is 2. The Kier molecular flexibility index (Phi) is 7.50. The lowest BCUT2D eigenvalue weighted by atomic mass is 10.2. The summed E-state index contributed by atoms with van der Waals surface area (Å²) in [5.41, 5.74) is 3.44. The molecule has 0 saturated heterocycles. The van der Waals surface area contributed by atoms with Gasteiger partial charge in [-0.15, -0.1) is 11.3 Å². The number of hydrogen-bond acceptors (Lipinski definition) is 7. The van der Waals surface area contributed by atoms with Crippen molar-refractivity contribution < 1.29 is 23.9 Å². The highest BCUT2D eigenvalue weighted by Gasteiger charge is 2.09. The van der Waals surface area contributed by atoms with Crippen molar-refractivity contribution >= 4 is 35.3 Å². The van der Waals surface area contributed by atoms with Crippen LogP contribution in [0.3, 0.4) is 0 Å². The summed E-state index contributed by atoms with van der Waals surface area (Å²) in [6, 6.07) is 16.6. The minimum Gasteiger partial charge on any atom is -0.497 e. The number of esters is 1. The van der Waals surface area contributed by atoms with Gasteiger partial charge in [-0.05, 0) is 65.5 Å². The molecule has 2 amide bonds. The molecule has 0 aliphatic carbocycles. The van der Waals surface area contributed by atoms with Gasteiger partial charge in [0.1, 0.15) is 16.4 Å².